The van der Waals surface area contributed by atoms with Crippen LogP contribution >= 0.6 is 0 Å². The van der Waals surface area contributed by atoms with Crippen molar-refractivity contribution < 1.29 is 43.1 Å². The lowest BCUT2D eigenvalue weighted by Crippen LogP contribution is -2.47. The first-order valence-electron chi connectivity index (χ1n) is 14.6. The number of Topliss-reactive ketones (excluding diaryl/α,β-unsaturated/α-hetero) is 3. The van der Waals surface area contributed by atoms with E-state index in [0.29, 0.717) is 6.42 Å². The average Bonchev–Trinajstić information content (AvgIpc) is 2.92. The van der Waals surface area contributed by atoms with Crippen molar-refractivity contribution in [3.8, 4) is 0 Å². The standard InChI is InChI=1S/C31H45FN4O8/c1-18(29(34)43)14-26(39)22(10-13-28(41)42)35-27(40)12-11-24(37)23(17-31(3,4)32)36-30(44)19(2)15-25(38)21(33)16-20-8-6-5-7-9-20/h5-9,18-19,21-23H,10-17,33H2,1-4H3,(H2,34,43)(H,35,40)(H,36,44)(H,41,42)/t18-,19-,21+,22+,23+/m1/s1/i32-1. The van der Waals surface area contributed by atoms with Gasteiger partial charge in [0.1, 0.15) is 5.67 Å². The third-order valence-electron chi connectivity index (χ3n) is 7.02. The predicted octanol–water partition coefficient (Wildman–Crippen LogP) is 1.55. The van der Waals surface area contributed by atoms with Gasteiger partial charge in [0, 0.05) is 50.4 Å². The monoisotopic (exact) mass is 619 g/mol. The minimum Gasteiger partial charge on any atom is -0.481 e. The maximum atomic E-state index is 14.6. The Kier molecular flexibility index (Phi) is 15.5. The van der Waals surface area contributed by atoms with E-state index < -0.39 is 96.6 Å². The molecule has 0 saturated carbocycles. The van der Waals surface area contributed by atoms with Gasteiger partial charge in [0.15, 0.2) is 17.3 Å². The molecule has 7 N–H and O–H groups in total. The average molecular weight is 620 g/mol. The molecule has 3 amide bonds. The number of halogens is 1. The fraction of sp³-hybridized carbons (Fsp3) is 0.581. The van der Waals surface area contributed by atoms with Gasteiger partial charge in [-0.2, -0.15) is 0 Å². The summed E-state index contributed by atoms with van der Waals surface area (Å²) in [5, 5.41) is 13.9. The van der Waals surface area contributed by atoms with Gasteiger partial charge in [-0.1, -0.05) is 44.2 Å². The van der Waals surface area contributed by atoms with Gasteiger partial charge < -0.3 is 27.2 Å². The number of aliphatic carboxylic acids is 1. The summed E-state index contributed by atoms with van der Waals surface area (Å²) in [6.07, 6.45) is -2.11. The number of hydrogen-bond acceptors (Lipinski definition) is 8. The molecule has 0 aliphatic rings. The summed E-state index contributed by atoms with van der Waals surface area (Å²) >= 11 is 0. The van der Waals surface area contributed by atoms with Crippen LogP contribution in [-0.4, -0.2) is 69.9 Å². The second-order valence-electron chi connectivity index (χ2n) is 11.8. The van der Waals surface area contributed by atoms with E-state index >= 15 is 0 Å². The van der Waals surface area contributed by atoms with Gasteiger partial charge in [-0.25, -0.2) is 4.39 Å². The largest absolute Gasteiger partial charge is 0.481 e. The third-order valence-corrected chi connectivity index (χ3v) is 7.02. The van der Waals surface area contributed by atoms with Crippen molar-refractivity contribution >= 4 is 41.0 Å². The van der Waals surface area contributed by atoms with Crippen molar-refractivity contribution in [2.24, 2.45) is 23.3 Å². The first kappa shape index (κ1) is 38.0. The minimum absolute atomic E-state index is 0.192. The first-order valence-corrected chi connectivity index (χ1v) is 14.6. The highest BCUT2D eigenvalue weighted by atomic mass is 18.2. The maximum absolute atomic E-state index is 14.6. The van der Waals surface area contributed by atoms with Crippen molar-refractivity contribution in [1.29, 1.82) is 0 Å². The fourth-order valence-electron chi connectivity index (χ4n) is 4.38. The first-order chi connectivity index (χ1) is 20.4. The number of carbonyl (C=O) groups excluding carboxylic acids is 6. The minimum atomic E-state index is -1.86. The summed E-state index contributed by atoms with van der Waals surface area (Å²) in [5.41, 5.74) is 10.2. The predicted molar refractivity (Wildman–Crippen MR) is 160 cm³/mol. The van der Waals surface area contributed by atoms with Crippen LogP contribution in [0.3, 0.4) is 0 Å². The number of hydrogen-bond donors (Lipinski definition) is 5. The molecule has 0 aromatic heterocycles. The summed E-state index contributed by atoms with van der Waals surface area (Å²) in [4.78, 5) is 86.1. The highest BCUT2D eigenvalue weighted by Gasteiger charge is 2.32. The summed E-state index contributed by atoms with van der Waals surface area (Å²) in [5.74, 6) is -6.61. The molecule has 44 heavy (non-hydrogen) atoms. The molecule has 0 spiro atoms. The number of amides is 3. The van der Waals surface area contributed by atoms with Gasteiger partial charge in [-0.15, -0.1) is 0 Å². The van der Waals surface area contributed by atoms with E-state index in [9.17, 15) is 38.0 Å². The Labute approximate surface area is 256 Å². The van der Waals surface area contributed by atoms with Crippen LogP contribution in [0, 0.1) is 11.8 Å². The number of carbonyl (C=O) groups is 7. The summed E-state index contributed by atoms with van der Waals surface area (Å²) in [6.45, 7) is 5.37. The summed E-state index contributed by atoms with van der Waals surface area (Å²) in [6, 6.07) is 5.78. The number of ketones is 3. The molecule has 0 aliphatic carbocycles. The Hall–Kier alpha value is -4.00. The lowest BCUT2D eigenvalue weighted by molar-refractivity contribution is -0.138. The Morgan fingerprint density at radius 2 is 1.43 bits per heavy atom. The fourth-order valence-corrected chi connectivity index (χ4v) is 4.38. The molecule has 0 fully saturated rings. The molecule has 1 aromatic rings. The number of carboxylic acid groups (broad SMARTS) is 1. The van der Waals surface area contributed by atoms with Gasteiger partial charge in [0.05, 0.1) is 18.1 Å². The summed E-state index contributed by atoms with van der Waals surface area (Å²) < 4.78 is 14.6. The molecule has 12 nitrogen and oxygen atoms in total. The van der Waals surface area contributed by atoms with Crippen LogP contribution in [0.2, 0.25) is 0 Å². The van der Waals surface area contributed by atoms with Crippen LogP contribution in [0.25, 0.3) is 0 Å². The van der Waals surface area contributed by atoms with E-state index in [1.807, 2.05) is 30.3 Å². The Morgan fingerprint density at radius 3 is 1.98 bits per heavy atom. The number of nitrogens with two attached hydrogens (primary N) is 2. The second kappa shape index (κ2) is 18.0. The van der Waals surface area contributed by atoms with Gasteiger partial charge in [-0.3, -0.25) is 33.6 Å². The number of rotatable bonds is 21. The maximum Gasteiger partial charge on any atom is 0.303 e. The van der Waals surface area contributed by atoms with Gasteiger partial charge in [-0.05, 0) is 32.3 Å². The van der Waals surface area contributed by atoms with E-state index in [1.54, 1.807) is 0 Å². The smallest absolute Gasteiger partial charge is 0.303 e. The molecule has 244 valence electrons. The van der Waals surface area contributed by atoms with Gasteiger partial charge in [0.25, 0.3) is 0 Å². The number of alkyl halides is 1. The number of nitrogens with one attached hydrogen (secondary N) is 2. The molecule has 13 heteroatoms. The van der Waals surface area contributed by atoms with Crippen LogP contribution in [0.1, 0.15) is 78.2 Å². The van der Waals surface area contributed by atoms with E-state index in [1.165, 1.54) is 27.7 Å². The van der Waals surface area contributed by atoms with Crippen molar-refractivity contribution in [2.75, 3.05) is 0 Å². The normalized spacial score (nSPS) is 14.8. The summed E-state index contributed by atoms with van der Waals surface area (Å²) in [7, 11) is 0. The second-order valence-corrected chi connectivity index (χ2v) is 11.8. The molecule has 1 aromatic carbocycles. The lowest BCUT2D eigenvalue weighted by Gasteiger charge is -2.25. The Bertz CT molecular complexity index is 1180. The third kappa shape index (κ3) is 14.9. The molecular formula is C31H45FN4O8. The molecule has 0 radical (unpaired) electrons. The zero-order valence-electron chi connectivity index (χ0n) is 25.8. The highest BCUT2D eigenvalue weighted by Crippen LogP contribution is 2.19. The molecule has 0 saturated heterocycles. The topological polar surface area (TPSA) is 216 Å². The molecule has 0 aliphatic heterocycles. The molecule has 1 rings (SSSR count). The SMILES string of the molecule is C[C@H](CC(=O)[C@H](CCC(=O)O)NC(=O)CCC(=O)[C@H](CC(C)(C)[18F])NC(=O)[C@H](C)CC(=O)[C@@H](N)Cc1ccccc1)C(N)=O. The van der Waals surface area contributed by atoms with E-state index in [0.717, 1.165) is 5.56 Å². The van der Waals surface area contributed by atoms with E-state index in [2.05, 4.69) is 10.6 Å². The van der Waals surface area contributed by atoms with Gasteiger partial charge in [0.2, 0.25) is 17.7 Å². The van der Waals surface area contributed by atoms with Crippen molar-refractivity contribution in [3.05, 3.63) is 35.9 Å². The number of benzene rings is 1. The number of primary amides is 1. The Morgan fingerprint density at radius 1 is 0.841 bits per heavy atom. The number of carboxylic acids is 1. The van der Waals surface area contributed by atoms with Crippen LogP contribution in [0.15, 0.2) is 30.3 Å². The zero-order valence-corrected chi connectivity index (χ0v) is 25.8. The molecule has 0 bridgehead atoms. The van der Waals surface area contributed by atoms with Crippen molar-refractivity contribution in [1.82, 2.24) is 10.6 Å². The van der Waals surface area contributed by atoms with Crippen molar-refractivity contribution in [3.63, 3.8) is 0 Å². The van der Waals surface area contributed by atoms with Crippen LogP contribution < -0.4 is 22.1 Å². The van der Waals surface area contributed by atoms with Crippen LogP contribution in [0.5, 0.6) is 0 Å². The highest BCUT2D eigenvalue weighted by molar-refractivity contribution is 5.95. The molecule has 0 heterocycles. The Balaban J connectivity index is 2.82. The van der Waals surface area contributed by atoms with Crippen LogP contribution in [0.4, 0.5) is 4.39 Å². The molecule has 0 unspecified atom stereocenters. The zero-order chi connectivity index (χ0) is 33.6. The van der Waals surface area contributed by atoms with E-state index in [4.69, 9.17) is 16.6 Å². The molecule has 5 atom stereocenters. The quantitative estimate of drug-likeness (QED) is 0.135. The van der Waals surface area contributed by atoms with Crippen LogP contribution in [-0.2, 0) is 40.0 Å². The van der Waals surface area contributed by atoms with E-state index in [-0.39, 0.29) is 25.0 Å². The molecular weight excluding hydrogens is 574 g/mol. The van der Waals surface area contributed by atoms with Gasteiger partial charge >= 0.3 is 5.97 Å². The lowest BCUT2D eigenvalue weighted by atomic mass is 9.93. The van der Waals surface area contributed by atoms with Crippen molar-refractivity contribution in [2.45, 2.75) is 103 Å².